The monoisotopic (exact) mass is 476 g/mol. The standard InChI is InChI=1S/C24H33ClN4O4/c1-2-33-20-11-9-18(10-12-20)5-3-6-19(17-23(30)27-32)24(31)29-15-13-28(14-16-29)22-8-4-7-21(25)26-22/h8-12,19,32H,2-7,13-17H2,1H3,(H,27,30). The molecule has 1 unspecified atom stereocenters. The van der Waals surface area contributed by atoms with E-state index in [0.29, 0.717) is 44.4 Å². The lowest BCUT2D eigenvalue weighted by Gasteiger charge is -2.38. The molecule has 3 rings (SSSR count). The Balaban J connectivity index is 1.53. The molecule has 0 aliphatic carbocycles. The lowest BCUT2D eigenvalue weighted by atomic mass is 9.94. The molecule has 9 heteroatoms. The quantitative estimate of drug-likeness (QED) is 0.399. The Bertz CT molecular complexity index is 864. The van der Waals surface area contributed by atoms with E-state index in [2.05, 4.69) is 16.0 Å². The first-order valence-corrected chi connectivity index (χ1v) is 12.0. The number of carbonyl (C=O) groups is 2. The third-order valence-electron chi connectivity index (χ3n) is 5.99. The van der Waals surface area contributed by atoms with Crippen LogP contribution in [0.3, 0.4) is 0 Å². The van der Waals surface area contributed by atoms with Gasteiger partial charge in [-0.05, 0) is 56.4 Å². The number of hydrogen-bond acceptors (Lipinski definition) is 6. The maximum absolute atomic E-state index is 13.2. The first-order chi connectivity index (χ1) is 16.0. The third kappa shape index (κ3) is 7.47. The molecule has 2 amide bonds. The number of hydrogen-bond donors (Lipinski definition) is 2. The fourth-order valence-corrected chi connectivity index (χ4v) is 4.41. The minimum absolute atomic E-state index is 0.0239. The molecule has 2 aliphatic rings. The van der Waals surface area contributed by atoms with Crippen LogP contribution in [0, 0.1) is 5.92 Å². The Morgan fingerprint density at radius 2 is 1.94 bits per heavy atom. The van der Waals surface area contributed by atoms with Crippen molar-refractivity contribution in [3.05, 3.63) is 41.7 Å². The predicted octanol–water partition coefficient (Wildman–Crippen LogP) is 3.34. The average Bonchev–Trinajstić information content (AvgIpc) is 2.84. The second kappa shape index (κ2) is 12.6. The zero-order chi connectivity index (χ0) is 23.6. The molecule has 1 aromatic rings. The average molecular weight is 477 g/mol. The first kappa shape index (κ1) is 25.1. The number of rotatable bonds is 10. The van der Waals surface area contributed by atoms with Crippen LogP contribution in [-0.2, 0) is 16.0 Å². The van der Waals surface area contributed by atoms with Crippen molar-refractivity contribution in [2.45, 2.75) is 45.4 Å². The normalized spacial score (nSPS) is 17.2. The van der Waals surface area contributed by atoms with Crippen LogP contribution >= 0.6 is 11.6 Å². The molecule has 2 N–H and O–H groups in total. The summed E-state index contributed by atoms with van der Waals surface area (Å²) in [5.74, 6) is 0.677. The van der Waals surface area contributed by atoms with Gasteiger partial charge in [-0.2, -0.15) is 0 Å². The zero-order valence-corrected chi connectivity index (χ0v) is 19.9. The van der Waals surface area contributed by atoms with E-state index in [9.17, 15) is 9.59 Å². The van der Waals surface area contributed by atoms with Gasteiger partial charge in [0, 0.05) is 44.9 Å². The number of nitrogens with one attached hydrogen (secondary N) is 1. The number of piperazine rings is 1. The molecule has 8 nitrogen and oxygen atoms in total. The van der Waals surface area contributed by atoms with E-state index < -0.39 is 11.8 Å². The van der Waals surface area contributed by atoms with Crippen molar-refractivity contribution < 1.29 is 19.5 Å². The fourth-order valence-electron chi connectivity index (χ4n) is 4.21. The smallest absolute Gasteiger partial charge is 0.244 e. The van der Waals surface area contributed by atoms with Crippen LogP contribution in [0.5, 0.6) is 5.75 Å². The number of nitrogens with zero attached hydrogens (tertiary/aromatic N) is 3. The second-order valence-corrected chi connectivity index (χ2v) is 8.74. The van der Waals surface area contributed by atoms with Gasteiger partial charge in [-0.25, -0.2) is 10.5 Å². The van der Waals surface area contributed by atoms with Crippen molar-refractivity contribution in [1.29, 1.82) is 0 Å². The lowest BCUT2D eigenvalue weighted by molar-refractivity contribution is -0.141. The molecule has 2 aliphatic heterocycles. The summed E-state index contributed by atoms with van der Waals surface area (Å²) in [7, 11) is 0. The Morgan fingerprint density at radius 3 is 2.58 bits per heavy atom. The van der Waals surface area contributed by atoms with Crippen LogP contribution in [0.15, 0.2) is 41.2 Å². The highest BCUT2D eigenvalue weighted by Gasteiger charge is 2.29. The molecule has 0 spiro atoms. The number of aryl methyl sites for hydroxylation is 1. The summed E-state index contributed by atoms with van der Waals surface area (Å²) in [6.45, 7) is 5.07. The van der Waals surface area contributed by atoms with Gasteiger partial charge in [0.2, 0.25) is 11.8 Å². The Kier molecular flexibility index (Phi) is 9.57. The highest BCUT2D eigenvalue weighted by molar-refractivity contribution is 6.65. The summed E-state index contributed by atoms with van der Waals surface area (Å²) in [5, 5.41) is 9.60. The van der Waals surface area contributed by atoms with Gasteiger partial charge in [-0.15, -0.1) is 0 Å². The molecule has 0 aromatic heterocycles. The molecular weight excluding hydrogens is 444 g/mol. The van der Waals surface area contributed by atoms with Gasteiger partial charge in [0.05, 0.1) is 6.61 Å². The molecule has 2 heterocycles. The zero-order valence-electron chi connectivity index (χ0n) is 19.1. The number of aliphatic imine (C=N–C) groups is 1. The van der Waals surface area contributed by atoms with E-state index in [0.717, 1.165) is 42.8 Å². The van der Waals surface area contributed by atoms with Gasteiger partial charge in [0.15, 0.2) is 0 Å². The van der Waals surface area contributed by atoms with Crippen molar-refractivity contribution in [3.63, 3.8) is 0 Å². The second-order valence-electron chi connectivity index (χ2n) is 8.31. The van der Waals surface area contributed by atoms with Crippen LogP contribution in [0.2, 0.25) is 0 Å². The van der Waals surface area contributed by atoms with Crippen LogP contribution < -0.4 is 10.2 Å². The van der Waals surface area contributed by atoms with Crippen LogP contribution in [0.1, 0.15) is 44.6 Å². The summed E-state index contributed by atoms with van der Waals surface area (Å²) < 4.78 is 5.47. The summed E-state index contributed by atoms with van der Waals surface area (Å²) in [5.41, 5.74) is 2.82. The summed E-state index contributed by atoms with van der Waals surface area (Å²) in [6.07, 6.45) is 5.85. The molecule has 1 atom stereocenters. The van der Waals surface area contributed by atoms with Crippen LogP contribution in [0.4, 0.5) is 0 Å². The first-order valence-electron chi connectivity index (χ1n) is 11.6. The molecule has 33 heavy (non-hydrogen) atoms. The molecule has 0 radical (unpaired) electrons. The minimum atomic E-state index is -0.538. The predicted molar refractivity (Wildman–Crippen MR) is 127 cm³/mol. The number of allylic oxidation sites excluding steroid dienone is 1. The largest absolute Gasteiger partial charge is 0.494 e. The fraction of sp³-hybridized carbons (Fsp3) is 0.542. The van der Waals surface area contributed by atoms with E-state index in [1.54, 1.807) is 5.48 Å². The van der Waals surface area contributed by atoms with E-state index in [4.69, 9.17) is 21.5 Å². The third-order valence-corrected chi connectivity index (χ3v) is 6.26. The summed E-state index contributed by atoms with van der Waals surface area (Å²) in [4.78, 5) is 33.4. The van der Waals surface area contributed by atoms with Crippen molar-refractivity contribution >= 4 is 28.6 Å². The van der Waals surface area contributed by atoms with Gasteiger partial charge in [0.25, 0.3) is 0 Å². The minimum Gasteiger partial charge on any atom is -0.494 e. The van der Waals surface area contributed by atoms with Crippen LogP contribution in [0.25, 0.3) is 0 Å². The van der Waals surface area contributed by atoms with Crippen molar-refractivity contribution in [3.8, 4) is 5.75 Å². The number of hydroxylamine groups is 1. The molecule has 1 saturated heterocycles. The van der Waals surface area contributed by atoms with E-state index in [1.165, 1.54) is 0 Å². The topological polar surface area (TPSA) is 94.5 Å². The number of benzene rings is 1. The highest BCUT2D eigenvalue weighted by atomic mass is 35.5. The number of amides is 2. The maximum atomic E-state index is 13.2. The molecule has 1 fully saturated rings. The Hall–Kier alpha value is -2.58. The van der Waals surface area contributed by atoms with Gasteiger partial charge in [0.1, 0.15) is 16.7 Å². The van der Waals surface area contributed by atoms with E-state index in [1.807, 2.05) is 36.1 Å². The van der Waals surface area contributed by atoms with Crippen molar-refractivity contribution in [2.75, 3.05) is 32.8 Å². The maximum Gasteiger partial charge on any atom is 0.244 e. The van der Waals surface area contributed by atoms with Gasteiger partial charge >= 0.3 is 0 Å². The van der Waals surface area contributed by atoms with Crippen LogP contribution in [-0.4, -0.2) is 64.8 Å². The highest BCUT2D eigenvalue weighted by Crippen LogP contribution is 2.22. The Morgan fingerprint density at radius 1 is 1.21 bits per heavy atom. The van der Waals surface area contributed by atoms with Crippen molar-refractivity contribution in [1.82, 2.24) is 15.3 Å². The number of ether oxygens (including phenoxy) is 1. The lowest BCUT2D eigenvalue weighted by Crippen LogP contribution is -2.50. The molecule has 0 saturated carbocycles. The molecule has 0 bridgehead atoms. The summed E-state index contributed by atoms with van der Waals surface area (Å²) in [6, 6.07) is 7.94. The van der Waals surface area contributed by atoms with Gasteiger partial charge in [-0.3, -0.25) is 14.8 Å². The summed E-state index contributed by atoms with van der Waals surface area (Å²) >= 11 is 6.08. The molecular formula is C24H33ClN4O4. The van der Waals surface area contributed by atoms with Gasteiger partial charge < -0.3 is 14.5 Å². The number of carbonyl (C=O) groups excluding carboxylic acids is 2. The Labute approximate surface area is 200 Å². The van der Waals surface area contributed by atoms with Gasteiger partial charge in [-0.1, -0.05) is 23.7 Å². The number of halogens is 1. The molecule has 180 valence electrons. The molecule has 1 aromatic carbocycles. The van der Waals surface area contributed by atoms with Crippen molar-refractivity contribution in [2.24, 2.45) is 10.9 Å². The van der Waals surface area contributed by atoms with E-state index >= 15 is 0 Å². The van der Waals surface area contributed by atoms with E-state index in [-0.39, 0.29) is 12.3 Å². The SMILES string of the molecule is CCOc1ccc(CCCC(CC(=O)NO)C(=O)N2CCN(C3=CCCC(Cl)=N3)CC2)cc1.